The second-order valence-corrected chi connectivity index (χ2v) is 9.28. The van der Waals surface area contributed by atoms with E-state index in [1.165, 1.54) is 0 Å². The van der Waals surface area contributed by atoms with E-state index in [4.69, 9.17) is 16.3 Å². The summed E-state index contributed by atoms with van der Waals surface area (Å²) >= 11 is 6.19. The molecule has 1 saturated heterocycles. The standard InChI is InChI=1S/C25H24ClN3O3/c1-14-10-23-18(12-19(14)26)22(30)13-25(32-23)6-8-29(9-7-25)24(31)17-4-5-20-21(11-17)28-16(3)15(2)27-20/h4-5,10-12H,6-9,13H2,1-3H3. The molecule has 0 bridgehead atoms. The van der Waals surface area contributed by atoms with Crippen LogP contribution in [0.3, 0.4) is 0 Å². The SMILES string of the molecule is Cc1cc2c(cc1Cl)C(=O)CC1(CCN(C(=O)c3ccc4nc(C)c(C)nc4c3)CC1)O2. The predicted octanol–water partition coefficient (Wildman–Crippen LogP) is 4.85. The molecule has 5 rings (SSSR count). The summed E-state index contributed by atoms with van der Waals surface area (Å²) in [5.41, 5.74) is 4.72. The highest BCUT2D eigenvalue weighted by molar-refractivity contribution is 6.31. The lowest BCUT2D eigenvalue weighted by Gasteiger charge is -2.44. The van der Waals surface area contributed by atoms with Crippen LogP contribution in [0.4, 0.5) is 0 Å². The van der Waals surface area contributed by atoms with Crippen molar-refractivity contribution in [3.63, 3.8) is 0 Å². The first-order valence-corrected chi connectivity index (χ1v) is 11.2. The summed E-state index contributed by atoms with van der Waals surface area (Å²) in [6.45, 7) is 6.81. The van der Waals surface area contributed by atoms with Gasteiger partial charge in [-0.1, -0.05) is 11.6 Å². The molecule has 1 spiro atoms. The molecule has 2 aromatic carbocycles. The van der Waals surface area contributed by atoms with Crippen LogP contribution in [0.2, 0.25) is 5.02 Å². The molecule has 2 aliphatic rings. The number of likely N-dealkylation sites (tertiary alicyclic amines) is 1. The topological polar surface area (TPSA) is 72.4 Å². The first kappa shape index (κ1) is 20.9. The summed E-state index contributed by atoms with van der Waals surface area (Å²) in [5, 5.41) is 0.572. The van der Waals surface area contributed by atoms with E-state index in [-0.39, 0.29) is 11.7 Å². The van der Waals surface area contributed by atoms with Crippen molar-refractivity contribution in [2.45, 2.75) is 45.6 Å². The Labute approximate surface area is 191 Å². The molecule has 0 aliphatic carbocycles. The van der Waals surface area contributed by atoms with Gasteiger partial charge in [0.1, 0.15) is 11.4 Å². The van der Waals surface area contributed by atoms with Crippen LogP contribution in [-0.4, -0.2) is 45.2 Å². The fourth-order valence-electron chi connectivity index (χ4n) is 4.56. The zero-order chi connectivity index (χ0) is 22.6. The van der Waals surface area contributed by atoms with Crippen molar-refractivity contribution >= 4 is 34.3 Å². The highest BCUT2D eigenvalue weighted by Gasteiger charge is 2.44. The smallest absolute Gasteiger partial charge is 0.253 e. The third kappa shape index (κ3) is 3.52. The number of fused-ring (bicyclic) bond motifs is 2. The van der Waals surface area contributed by atoms with Gasteiger partial charge in [-0.15, -0.1) is 0 Å². The predicted molar refractivity (Wildman–Crippen MR) is 123 cm³/mol. The van der Waals surface area contributed by atoms with Crippen molar-refractivity contribution in [1.29, 1.82) is 0 Å². The van der Waals surface area contributed by atoms with Crippen molar-refractivity contribution in [3.05, 3.63) is 63.4 Å². The highest BCUT2D eigenvalue weighted by Crippen LogP contribution is 2.41. The van der Waals surface area contributed by atoms with Crippen molar-refractivity contribution in [1.82, 2.24) is 14.9 Å². The van der Waals surface area contributed by atoms with Crippen molar-refractivity contribution in [3.8, 4) is 5.75 Å². The third-order valence-electron chi connectivity index (χ3n) is 6.65. The summed E-state index contributed by atoms with van der Waals surface area (Å²) in [5.74, 6) is 0.611. The number of carbonyl (C=O) groups excluding carboxylic acids is 2. The van der Waals surface area contributed by atoms with Crippen LogP contribution in [-0.2, 0) is 0 Å². The molecule has 32 heavy (non-hydrogen) atoms. The number of hydrogen-bond acceptors (Lipinski definition) is 5. The lowest BCUT2D eigenvalue weighted by atomic mass is 9.82. The van der Waals surface area contributed by atoms with Gasteiger partial charge in [-0.05, 0) is 56.7 Å². The Morgan fingerprint density at radius 2 is 1.72 bits per heavy atom. The molecule has 0 N–H and O–H groups in total. The second kappa shape index (κ2) is 7.55. The first-order valence-electron chi connectivity index (χ1n) is 10.8. The lowest BCUT2D eigenvalue weighted by Crippen LogP contribution is -2.52. The minimum absolute atomic E-state index is 0.0352. The van der Waals surface area contributed by atoms with Gasteiger partial charge in [0.05, 0.1) is 34.4 Å². The number of ether oxygens (including phenoxy) is 1. The highest BCUT2D eigenvalue weighted by atomic mass is 35.5. The first-order chi connectivity index (χ1) is 15.2. The van der Waals surface area contributed by atoms with E-state index in [2.05, 4.69) is 9.97 Å². The molecular weight excluding hydrogens is 426 g/mol. The molecule has 7 heteroatoms. The van der Waals surface area contributed by atoms with E-state index in [9.17, 15) is 9.59 Å². The van der Waals surface area contributed by atoms with Gasteiger partial charge >= 0.3 is 0 Å². The molecule has 1 fully saturated rings. The van der Waals surface area contributed by atoms with Crippen molar-refractivity contribution < 1.29 is 14.3 Å². The second-order valence-electron chi connectivity index (χ2n) is 8.87. The number of rotatable bonds is 1. The van der Waals surface area contributed by atoms with Gasteiger partial charge < -0.3 is 9.64 Å². The van der Waals surface area contributed by atoms with E-state index in [0.717, 1.165) is 28.0 Å². The number of carbonyl (C=O) groups is 2. The maximum absolute atomic E-state index is 13.2. The van der Waals surface area contributed by atoms with E-state index in [1.807, 2.05) is 49.9 Å². The average molecular weight is 450 g/mol. The molecule has 2 aliphatic heterocycles. The van der Waals surface area contributed by atoms with E-state index >= 15 is 0 Å². The molecule has 3 heterocycles. The van der Waals surface area contributed by atoms with Crippen molar-refractivity contribution in [2.75, 3.05) is 13.1 Å². The number of nitrogens with zero attached hydrogens (tertiary/aromatic N) is 3. The average Bonchev–Trinajstić information content (AvgIpc) is 2.76. The summed E-state index contributed by atoms with van der Waals surface area (Å²) in [6, 6.07) is 9.01. The Morgan fingerprint density at radius 3 is 2.44 bits per heavy atom. The zero-order valence-electron chi connectivity index (χ0n) is 18.4. The number of amides is 1. The molecule has 164 valence electrons. The van der Waals surface area contributed by atoms with Crippen LogP contribution < -0.4 is 4.74 Å². The molecule has 0 atom stereocenters. The number of aryl methyl sites for hydroxylation is 3. The number of benzene rings is 2. The van der Waals surface area contributed by atoms with Gasteiger partial charge in [-0.25, -0.2) is 9.97 Å². The maximum Gasteiger partial charge on any atom is 0.253 e. The van der Waals surface area contributed by atoms with Gasteiger partial charge in [0, 0.05) is 36.5 Å². The quantitative estimate of drug-likeness (QED) is 0.531. The number of hydrogen-bond donors (Lipinski definition) is 0. The Bertz CT molecular complexity index is 1280. The Morgan fingerprint density at radius 1 is 1.03 bits per heavy atom. The van der Waals surface area contributed by atoms with Gasteiger partial charge in [0.25, 0.3) is 5.91 Å². The lowest BCUT2D eigenvalue weighted by molar-refractivity contribution is -0.00573. The fraction of sp³-hybridized carbons (Fsp3) is 0.360. The summed E-state index contributed by atoms with van der Waals surface area (Å²) < 4.78 is 6.35. The molecular formula is C25H24ClN3O3. The normalized spacial score (nSPS) is 17.4. The monoisotopic (exact) mass is 449 g/mol. The van der Waals surface area contributed by atoms with E-state index in [0.29, 0.717) is 54.3 Å². The van der Waals surface area contributed by atoms with Gasteiger partial charge in [0.15, 0.2) is 5.78 Å². The molecule has 0 radical (unpaired) electrons. The molecule has 1 amide bonds. The number of Topliss-reactive ketones (excluding diaryl/α,β-unsaturated/α-hetero) is 1. The van der Waals surface area contributed by atoms with Crippen LogP contribution in [0.5, 0.6) is 5.75 Å². The van der Waals surface area contributed by atoms with Crippen LogP contribution in [0.25, 0.3) is 11.0 Å². The Balaban J connectivity index is 1.34. The minimum Gasteiger partial charge on any atom is -0.486 e. The number of halogens is 1. The molecule has 6 nitrogen and oxygen atoms in total. The number of ketones is 1. The largest absolute Gasteiger partial charge is 0.486 e. The fourth-order valence-corrected chi connectivity index (χ4v) is 4.72. The molecule has 1 aromatic heterocycles. The minimum atomic E-state index is -0.565. The summed E-state index contributed by atoms with van der Waals surface area (Å²) in [4.78, 5) is 36.9. The van der Waals surface area contributed by atoms with E-state index in [1.54, 1.807) is 6.07 Å². The molecule has 0 unspecified atom stereocenters. The molecule has 3 aromatic rings. The summed E-state index contributed by atoms with van der Waals surface area (Å²) in [7, 11) is 0. The zero-order valence-corrected chi connectivity index (χ0v) is 19.1. The maximum atomic E-state index is 13.2. The van der Waals surface area contributed by atoms with Crippen molar-refractivity contribution in [2.24, 2.45) is 0 Å². The van der Waals surface area contributed by atoms with Crippen LogP contribution in [0.1, 0.15) is 56.9 Å². The number of piperidine rings is 1. The summed E-state index contributed by atoms with van der Waals surface area (Å²) in [6.07, 6.45) is 1.53. The number of aromatic nitrogens is 2. The van der Waals surface area contributed by atoms with Gasteiger partial charge in [-0.3, -0.25) is 9.59 Å². The van der Waals surface area contributed by atoms with Crippen LogP contribution in [0, 0.1) is 20.8 Å². The Hall–Kier alpha value is -2.99. The Kier molecular flexibility index (Phi) is 4.93. The van der Waals surface area contributed by atoms with Gasteiger partial charge in [-0.2, -0.15) is 0 Å². The third-order valence-corrected chi connectivity index (χ3v) is 7.06. The van der Waals surface area contributed by atoms with Crippen LogP contribution in [0.15, 0.2) is 30.3 Å². The van der Waals surface area contributed by atoms with E-state index < -0.39 is 5.60 Å². The van der Waals surface area contributed by atoms with Crippen LogP contribution >= 0.6 is 11.6 Å². The molecule has 0 saturated carbocycles. The van der Waals surface area contributed by atoms with Gasteiger partial charge in [0.2, 0.25) is 0 Å².